The summed E-state index contributed by atoms with van der Waals surface area (Å²) in [6.45, 7) is 6.13. The van der Waals surface area contributed by atoms with Crippen LogP contribution in [0.5, 0.6) is 0 Å². The molecule has 1 aliphatic heterocycles. The molecule has 1 aromatic heterocycles. The molecular weight excluding hydrogens is 376 g/mol. The van der Waals surface area contributed by atoms with Crippen LogP contribution in [0.15, 0.2) is 11.2 Å². The molecule has 1 aliphatic rings. The maximum absolute atomic E-state index is 12.4. The summed E-state index contributed by atoms with van der Waals surface area (Å²) >= 11 is 7.11. The van der Waals surface area contributed by atoms with Crippen molar-refractivity contribution >= 4 is 41.1 Å². The molecule has 0 bridgehead atoms. The number of aliphatic carboxylic acids is 1. The first kappa shape index (κ1) is 20.8. The second-order valence-corrected chi connectivity index (χ2v) is 7.68. The number of carbonyl (C=O) groups excluding carboxylic acids is 1. The molecule has 1 atom stereocenters. The van der Waals surface area contributed by atoms with Crippen LogP contribution >= 0.6 is 23.4 Å². The van der Waals surface area contributed by atoms with E-state index < -0.39 is 5.97 Å². The Bertz CT molecular complexity index is 646. The quantitative estimate of drug-likeness (QED) is 0.310. The Morgan fingerprint density at radius 3 is 2.77 bits per heavy atom. The first-order chi connectivity index (χ1) is 12.4. The van der Waals surface area contributed by atoms with E-state index in [1.54, 1.807) is 6.07 Å². The summed E-state index contributed by atoms with van der Waals surface area (Å²) in [6, 6.07) is 1.76. The summed E-state index contributed by atoms with van der Waals surface area (Å²) in [5.74, 6) is -0.160. The Hall–Kier alpha value is -1.54. The standard InChI is InChI=1S/C17H25ClN4O3S/c1-3-4-5-6-15(23)22-8-7-21(10-12(22)2)14-9-13(18)19-17(20-14)26-11-16(24)25/h9,12H,3-8,10-11H2,1-2H3,(H,24,25). The summed E-state index contributed by atoms with van der Waals surface area (Å²) in [6.07, 6.45) is 3.73. The molecule has 0 radical (unpaired) electrons. The Morgan fingerprint density at radius 1 is 1.35 bits per heavy atom. The summed E-state index contributed by atoms with van der Waals surface area (Å²) in [5, 5.41) is 9.43. The molecule has 144 valence electrons. The van der Waals surface area contributed by atoms with Crippen molar-refractivity contribution in [3.63, 3.8) is 0 Å². The molecule has 2 rings (SSSR count). The average molecular weight is 401 g/mol. The van der Waals surface area contributed by atoms with Gasteiger partial charge in [-0.25, -0.2) is 9.97 Å². The van der Waals surface area contributed by atoms with Crippen molar-refractivity contribution in [1.82, 2.24) is 14.9 Å². The van der Waals surface area contributed by atoms with Gasteiger partial charge in [-0.3, -0.25) is 9.59 Å². The maximum atomic E-state index is 12.4. The number of carboxylic acid groups (broad SMARTS) is 1. The lowest BCUT2D eigenvalue weighted by atomic mass is 10.1. The molecule has 26 heavy (non-hydrogen) atoms. The van der Waals surface area contributed by atoms with Gasteiger partial charge in [-0.2, -0.15) is 0 Å². The van der Waals surface area contributed by atoms with Crippen molar-refractivity contribution in [3.8, 4) is 0 Å². The predicted molar refractivity (Wildman–Crippen MR) is 103 cm³/mol. The lowest BCUT2D eigenvalue weighted by molar-refractivity contribution is -0.134. The van der Waals surface area contributed by atoms with Crippen LogP contribution in [0.2, 0.25) is 5.15 Å². The van der Waals surface area contributed by atoms with E-state index in [0.29, 0.717) is 37.0 Å². The zero-order valence-corrected chi connectivity index (χ0v) is 16.7. The number of aromatic nitrogens is 2. The van der Waals surface area contributed by atoms with Gasteiger partial charge in [-0.15, -0.1) is 0 Å². The molecule has 0 saturated carbocycles. The van der Waals surface area contributed by atoms with Gasteiger partial charge in [0.1, 0.15) is 11.0 Å². The summed E-state index contributed by atoms with van der Waals surface area (Å²) in [4.78, 5) is 35.6. The third kappa shape index (κ3) is 6.02. The number of hydrogen-bond donors (Lipinski definition) is 1. The fourth-order valence-corrected chi connectivity index (χ4v) is 3.75. The number of halogens is 1. The van der Waals surface area contributed by atoms with E-state index in [0.717, 1.165) is 31.0 Å². The summed E-state index contributed by atoms with van der Waals surface area (Å²) < 4.78 is 0. The molecule has 9 heteroatoms. The SMILES string of the molecule is CCCCCC(=O)N1CCN(c2cc(Cl)nc(SCC(=O)O)n2)CC1C. The van der Waals surface area contributed by atoms with Gasteiger partial charge in [0.05, 0.1) is 5.75 Å². The highest BCUT2D eigenvalue weighted by molar-refractivity contribution is 7.99. The molecular formula is C17H25ClN4O3S. The van der Waals surface area contributed by atoms with Crippen molar-refractivity contribution in [1.29, 1.82) is 0 Å². The number of carbonyl (C=O) groups is 2. The largest absolute Gasteiger partial charge is 0.481 e. The fraction of sp³-hybridized carbons (Fsp3) is 0.647. The van der Waals surface area contributed by atoms with Crippen LogP contribution in [0.4, 0.5) is 5.82 Å². The molecule has 2 heterocycles. The number of amides is 1. The van der Waals surface area contributed by atoms with Gasteiger partial charge in [-0.1, -0.05) is 43.1 Å². The summed E-state index contributed by atoms with van der Waals surface area (Å²) in [5.41, 5.74) is 0. The van der Waals surface area contributed by atoms with Gasteiger partial charge in [0.15, 0.2) is 5.16 Å². The maximum Gasteiger partial charge on any atom is 0.313 e. The number of anilines is 1. The number of unbranched alkanes of at least 4 members (excludes halogenated alkanes) is 2. The topological polar surface area (TPSA) is 86.6 Å². The van der Waals surface area contributed by atoms with Crippen LogP contribution in [-0.2, 0) is 9.59 Å². The highest BCUT2D eigenvalue weighted by atomic mass is 35.5. The second kappa shape index (κ2) is 9.97. The number of thioether (sulfide) groups is 1. The molecule has 1 aromatic rings. The van der Waals surface area contributed by atoms with E-state index in [4.69, 9.17) is 16.7 Å². The lowest BCUT2D eigenvalue weighted by Crippen LogP contribution is -2.54. The molecule has 0 aromatic carbocycles. The lowest BCUT2D eigenvalue weighted by Gasteiger charge is -2.40. The Morgan fingerprint density at radius 2 is 2.12 bits per heavy atom. The van der Waals surface area contributed by atoms with Crippen molar-refractivity contribution in [2.24, 2.45) is 0 Å². The number of carboxylic acids is 1. The normalized spacial score (nSPS) is 17.4. The van der Waals surface area contributed by atoms with Crippen LogP contribution < -0.4 is 4.90 Å². The molecule has 1 saturated heterocycles. The second-order valence-electron chi connectivity index (χ2n) is 6.35. The molecule has 1 fully saturated rings. The molecule has 1 amide bonds. The third-order valence-electron chi connectivity index (χ3n) is 4.25. The van der Waals surface area contributed by atoms with Gasteiger partial charge >= 0.3 is 5.97 Å². The van der Waals surface area contributed by atoms with Crippen LogP contribution in [0.25, 0.3) is 0 Å². The predicted octanol–water partition coefficient (Wildman–Crippen LogP) is 2.92. The van der Waals surface area contributed by atoms with Crippen molar-refractivity contribution < 1.29 is 14.7 Å². The smallest absolute Gasteiger partial charge is 0.313 e. The summed E-state index contributed by atoms with van der Waals surface area (Å²) in [7, 11) is 0. The monoisotopic (exact) mass is 400 g/mol. The van der Waals surface area contributed by atoms with Crippen molar-refractivity contribution in [2.75, 3.05) is 30.3 Å². The van der Waals surface area contributed by atoms with Crippen molar-refractivity contribution in [2.45, 2.75) is 50.7 Å². The molecule has 7 nitrogen and oxygen atoms in total. The Kier molecular flexibility index (Phi) is 7.96. The minimum absolute atomic E-state index is 0.0849. The van der Waals surface area contributed by atoms with Gasteiger partial charge in [0.2, 0.25) is 5.91 Å². The number of hydrogen-bond acceptors (Lipinski definition) is 6. The zero-order chi connectivity index (χ0) is 19.1. The first-order valence-corrected chi connectivity index (χ1v) is 10.2. The van der Waals surface area contributed by atoms with Crippen LogP contribution in [0, 0.1) is 0 Å². The van der Waals surface area contributed by atoms with E-state index in [1.165, 1.54) is 0 Å². The zero-order valence-electron chi connectivity index (χ0n) is 15.2. The van der Waals surface area contributed by atoms with E-state index in [2.05, 4.69) is 21.8 Å². The Balaban J connectivity index is 1.99. The highest BCUT2D eigenvalue weighted by Crippen LogP contribution is 2.24. The van der Waals surface area contributed by atoms with Gasteiger partial charge < -0.3 is 14.9 Å². The molecule has 0 spiro atoms. The minimum Gasteiger partial charge on any atom is -0.481 e. The third-order valence-corrected chi connectivity index (χ3v) is 5.28. The molecule has 0 aliphatic carbocycles. The fourth-order valence-electron chi connectivity index (χ4n) is 2.94. The van der Waals surface area contributed by atoms with Gasteiger partial charge in [0, 0.05) is 38.2 Å². The van der Waals surface area contributed by atoms with Crippen LogP contribution in [-0.4, -0.2) is 63.3 Å². The van der Waals surface area contributed by atoms with E-state index in [9.17, 15) is 9.59 Å². The Labute approximate surface area is 163 Å². The average Bonchev–Trinajstić information content (AvgIpc) is 2.59. The molecule has 1 N–H and O–H groups in total. The van der Waals surface area contributed by atoms with Crippen molar-refractivity contribution in [3.05, 3.63) is 11.2 Å². The van der Waals surface area contributed by atoms with Gasteiger partial charge in [0.25, 0.3) is 0 Å². The van der Waals surface area contributed by atoms with E-state index >= 15 is 0 Å². The molecule has 1 unspecified atom stereocenters. The van der Waals surface area contributed by atoms with Crippen LogP contribution in [0.1, 0.15) is 39.5 Å². The van der Waals surface area contributed by atoms with Crippen LogP contribution in [0.3, 0.4) is 0 Å². The number of nitrogens with zero attached hydrogens (tertiary/aromatic N) is 4. The van der Waals surface area contributed by atoms with E-state index in [1.807, 2.05) is 11.8 Å². The first-order valence-electron chi connectivity index (χ1n) is 8.84. The highest BCUT2D eigenvalue weighted by Gasteiger charge is 2.28. The number of piperazine rings is 1. The van der Waals surface area contributed by atoms with Gasteiger partial charge in [-0.05, 0) is 13.3 Å². The minimum atomic E-state index is -0.927. The number of rotatable bonds is 8. The van der Waals surface area contributed by atoms with E-state index in [-0.39, 0.29) is 22.9 Å².